The first kappa shape index (κ1) is 13.0. The average molecular weight is 270 g/mol. The summed E-state index contributed by atoms with van der Waals surface area (Å²) in [5.74, 6) is 2.70. The maximum atomic E-state index is 11.3. The summed E-state index contributed by atoms with van der Waals surface area (Å²) in [7, 11) is 3.04. The molecule has 0 amide bonds. The quantitative estimate of drug-likeness (QED) is 0.787. The van der Waals surface area contributed by atoms with E-state index >= 15 is 0 Å². The lowest BCUT2D eigenvalue weighted by Gasteiger charge is -2.22. The highest BCUT2D eigenvalue weighted by Crippen LogP contribution is 2.15. The van der Waals surface area contributed by atoms with E-state index in [1.54, 1.807) is 4.90 Å². The van der Waals surface area contributed by atoms with Crippen LogP contribution in [0.2, 0.25) is 0 Å². The third-order valence-corrected chi connectivity index (χ3v) is 4.14. The Morgan fingerprint density at radius 2 is 1.94 bits per heavy atom. The first-order chi connectivity index (χ1) is 8.54. The van der Waals surface area contributed by atoms with Crippen molar-refractivity contribution in [1.29, 1.82) is 0 Å². The molecule has 1 aliphatic heterocycles. The lowest BCUT2D eigenvalue weighted by molar-refractivity contribution is 0.620. The summed E-state index contributed by atoms with van der Waals surface area (Å²) in [5.41, 5.74) is 5.65. The molecular formula is C10H18N6OS. The van der Waals surface area contributed by atoms with Gasteiger partial charge in [-0.25, -0.2) is 0 Å². The van der Waals surface area contributed by atoms with Crippen LogP contribution in [-0.4, -0.2) is 50.8 Å². The fourth-order valence-electron chi connectivity index (χ4n) is 1.77. The summed E-state index contributed by atoms with van der Waals surface area (Å²) in [4.78, 5) is 14.2. The Morgan fingerprint density at radius 3 is 2.56 bits per heavy atom. The molecule has 0 aromatic carbocycles. The van der Waals surface area contributed by atoms with Crippen molar-refractivity contribution in [3.63, 3.8) is 0 Å². The van der Waals surface area contributed by atoms with Crippen LogP contribution >= 0.6 is 0 Å². The Bertz CT molecular complexity index is 442. The van der Waals surface area contributed by atoms with E-state index in [0.717, 1.165) is 24.3 Å². The third-order valence-electron chi connectivity index (χ3n) is 2.76. The van der Waals surface area contributed by atoms with Crippen LogP contribution in [0.5, 0.6) is 0 Å². The summed E-state index contributed by atoms with van der Waals surface area (Å²) in [5, 5.41) is 3.23. The number of hydrogen-bond donors (Lipinski definition) is 2. The van der Waals surface area contributed by atoms with Gasteiger partial charge in [-0.3, -0.25) is 4.21 Å². The van der Waals surface area contributed by atoms with Gasteiger partial charge in [-0.15, -0.1) is 0 Å². The van der Waals surface area contributed by atoms with Gasteiger partial charge in [-0.1, -0.05) is 0 Å². The fourth-order valence-corrected chi connectivity index (χ4v) is 3.06. The summed E-state index contributed by atoms with van der Waals surface area (Å²) >= 11 is 0. The van der Waals surface area contributed by atoms with Gasteiger partial charge in [-0.2, -0.15) is 15.0 Å². The van der Waals surface area contributed by atoms with Crippen LogP contribution in [0.1, 0.15) is 12.8 Å². The fraction of sp³-hybridized carbons (Fsp3) is 0.700. The molecule has 2 heterocycles. The Hall–Kier alpha value is -1.44. The van der Waals surface area contributed by atoms with Crippen molar-refractivity contribution in [2.75, 3.05) is 41.6 Å². The highest BCUT2D eigenvalue weighted by atomic mass is 32.2. The molecule has 8 heteroatoms. The number of nitrogens with two attached hydrogens (primary N) is 1. The smallest absolute Gasteiger partial charge is 0.231 e. The van der Waals surface area contributed by atoms with Gasteiger partial charge in [-0.05, 0) is 12.8 Å². The zero-order chi connectivity index (χ0) is 13.1. The summed E-state index contributed by atoms with van der Waals surface area (Å²) in [6, 6.07) is 0.263. The van der Waals surface area contributed by atoms with E-state index in [2.05, 4.69) is 20.3 Å². The maximum absolute atomic E-state index is 11.3. The zero-order valence-corrected chi connectivity index (χ0v) is 11.4. The van der Waals surface area contributed by atoms with Crippen LogP contribution in [-0.2, 0) is 10.8 Å². The van der Waals surface area contributed by atoms with Gasteiger partial charge >= 0.3 is 0 Å². The average Bonchev–Trinajstić information content (AvgIpc) is 2.31. The minimum Gasteiger partial charge on any atom is -0.368 e. The van der Waals surface area contributed by atoms with E-state index in [4.69, 9.17) is 5.73 Å². The molecule has 0 spiro atoms. The van der Waals surface area contributed by atoms with Crippen LogP contribution in [0.3, 0.4) is 0 Å². The van der Waals surface area contributed by atoms with E-state index < -0.39 is 10.8 Å². The largest absolute Gasteiger partial charge is 0.368 e. The van der Waals surface area contributed by atoms with Gasteiger partial charge in [0.05, 0.1) is 0 Å². The second-order valence-corrected chi connectivity index (χ2v) is 6.17. The predicted octanol–water partition coefficient (Wildman–Crippen LogP) is -0.157. The Balaban J connectivity index is 2.06. The number of anilines is 3. The normalized spacial score (nSPS) is 23.7. The van der Waals surface area contributed by atoms with E-state index in [1.807, 2.05) is 14.1 Å². The Labute approximate surface area is 109 Å². The standard InChI is InChI=1S/C10H18N6OS/c1-16(2)10-14-8(11)13-9(15-10)12-7-3-5-18(17)6-4-7/h7H,3-6H2,1-2H3,(H3,11,12,13,14,15). The molecule has 0 unspecified atom stereocenters. The molecule has 18 heavy (non-hydrogen) atoms. The molecule has 0 radical (unpaired) electrons. The van der Waals surface area contributed by atoms with Crippen molar-refractivity contribution in [2.24, 2.45) is 0 Å². The highest BCUT2D eigenvalue weighted by Gasteiger charge is 2.19. The number of nitrogen functional groups attached to an aromatic ring is 1. The molecule has 0 atom stereocenters. The van der Waals surface area contributed by atoms with Crippen LogP contribution in [0.25, 0.3) is 0 Å². The highest BCUT2D eigenvalue weighted by molar-refractivity contribution is 7.85. The van der Waals surface area contributed by atoms with E-state index in [-0.39, 0.29) is 12.0 Å². The molecule has 1 fully saturated rings. The zero-order valence-electron chi connectivity index (χ0n) is 10.6. The third kappa shape index (κ3) is 3.28. The molecule has 0 saturated carbocycles. The monoisotopic (exact) mass is 270 g/mol. The number of nitrogens with zero attached hydrogens (tertiary/aromatic N) is 4. The molecular weight excluding hydrogens is 252 g/mol. The lowest BCUT2D eigenvalue weighted by Crippen LogP contribution is -2.30. The van der Waals surface area contributed by atoms with Gasteiger partial charge in [0.15, 0.2) is 0 Å². The molecule has 2 rings (SSSR count). The topological polar surface area (TPSA) is 97.0 Å². The van der Waals surface area contributed by atoms with Gasteiger partial charge < -0.3 is 16.0 Å². The second kappa shape index (κ2) is 5.47. The minimum atomic E-state index is -0.661. The molecule has 1 saturated heterocycles. The molecule has 3 N–H and O–H groups in total. The van der Waals surface area contributed by atoms with E-state index in [0.29, 0.717) is 11.9 Å². The lowest BCUT2D eigenvalue weighted by atomic mass is 10.2. The van der Waals surface area contributed by atoms with E-state index in [1.165, 1.54) is 0 Å². The minimum absolute atomic E-state index is 0.204. The number of hydrogen-bond acceptors (Lipinski definition) is 7. The van der Waals surface area contributed by atoms with Crippen molar-refractivity contribution in [3.05, 3.63) is 0 Å². The van der Waals surface area contributed by atoms with Crippen molar-refractivity contribution < 1.29 is 4.21 Å². The molecule has 100 valence electrons. The van der Waals surface area contributed by atoms with Crippen LogP contribution in [0.4, 0.5) is 17.8 Å². The van der Waals surface area contributed by atoms with Crippen LogP contribution in [0.15, 0.2) is 0 Å². The van der Waals surface area contributed by atoms with Crippen molar-refractivity contribution in [3.8, 4) is 0 Å². The van der Waals surface area contributed by atoms with Crippen molar-refractivity contribution >= 4 is 28.6 Å². The summed E-state index contributed by atoms with van der Waals surface area (Å²) in [6.07, 6.45) is 1.74. The van der Waals surface area contributed by atoms with Crippen LogP contribution in [0, 0.1) is 0 Å². The summed E-state index contributed by atoms with van der Waals surface area (Å²) < 4.78 is 11.3. The molecule has 0 aliphatic carbocycles. The van der Waals surface area contributed by atoms with Gasteiger partial charge in [0.1, 0.15) is 0 Å². The number of aromatic nitrogens is 3. The van der Waals surface area contributed by atoms with Gasteiger partial charge in [0.25, 0.3) is 0 Å². The number of rotatable bonds is 3. The molecule has 0 bridgehead atoms. The van der Waals surface area contributed by atoms with Gasteiger partial charge in [0.2, 0.25) is 17.8 Å². The maximum Gasteiger partial charge on any atom is 0.231 e. The summed E-state index contributed by atoms with van der Waals surface area (Å²) in [6.45, 7) is 0. The Kier molecular flexibility index (Phi) is 3.95. The van der Waals surface area contributed by atoms with Gasteiger partial charge in [0, 0.05) is 42.4 Å². The number of nitrogens with one attached hydrogen (secondary N) is 1. The van der Waals surface area contributed by atoms with Crippen molar-refractivity contribution in [1.82, 2.24) is 15.0 Å². The first-order valence-corrected chi connectivity index (χ1v) is 7.34. The van der Waals surface area contributed by atoms with Crippen molar-refractivity contribution in [2.45, 2.75) is 18.9 Å². The first-order valence-electron chi connectivity index (χ1n) is 5.85. The van der Waals surface area contributed by atoms with Crippen LogP contribution < -0.4 is 16.0 Å². The molecule has 7 nitrogen and oxygen atoms in total. The SMILES string of the molecule is CN(C)c1nc(N)nc(NC2CCS(=O)CC2)n1. The molecule has 1 aromatic heterocycles. The second-order valence-electron chi connectivity index (χ2n) is 4.48. The molecule has 1 aromatic rings. The Morgan fingerprint density at radius 1 is 1.28 bits per heavy atom. The van der Waals surface area contributed by atoms with E-state index in [9.17, 15) is 4.21 Å². The molecule has 1 aliphatic rings. The predicted molar refractivity (Wildman–Crippen MR) is 73.1 cm³/mol.